The Morgan fingerprint density at radius 2 is 1.94 bits per heavy atom. The van der Waals surface area contributed by atoms with Crippen LogP contribution in [0.1, 0.15) is 67.6 Å². The van der Waals surface area contributed by atoms with Crippen LogP contribution in [0.4, 0.5) is 0 Å². The van der Waals surface area contributed by atoms with Crippen molar-refractivity contribution < 1.29 is 4.79 Å². The lowest BCUT2D eigenvalue weighted by Gasteiger charge is -2.01. The van der Waals surface area contributed by atoms with E-state index in [4.69, 9.17) is 0 Å². The first-order valence-corrected chi connectivity index (χ1v) is 7.27. The molecule has 16 heavy (non-hydrogen) atoms. The minimum absolute atomic E-state index is 0.350. The first-order valence-electron chi connectivity index (χ1n) is 6.39. The van der Waals surface area contributed by atoms with Gasteiger partial charge in [-0.1, -0.05) is 39.5 Å². The fourth-order valence-corrected chi connectivity index (χ4v) is 2.83. The molecule has 90 valence electrons. The minimum atomic E-state index is 0.350. The molecule has 0 saturated heterocycles. The number of Topliss-reactive ketones (excluding diaryl/α,β-unsaturated/α-hetero) is 1. The summed E-state index contributed by atoms with van der Waals surface area (Å²) in [5.74, 6) is 0.350. The molecule has 0 aliphatic carbocycles. The highest BCUT2D eigenvalue weighted by Gasteiger charge is 2.11. The van der Waals surface area contributed by atoms with Gasteiger partial charge in [-0.05, 0) is 29.9 Å². The fourth-order valence-electron chi connectivity index (χ4n) is 1.86. The number of rotatable bonds is 8. The second kappa shape index (κ2) is 7.61. The Balaban J connectivity index is 2.30. The molecule has 1 aromatic rings. The van der Waals surface area contributed by atoms with Crippen LogP contribution in [0.5, 0.6) is 0 Å². The van der Waals surface area contributed by atoms with Crippen LogP contribution in [0.3, 0.4) is 0 Å². The third kappa shape index (κ3) is 4.09. The predicted octanol–water partition coefficient (Wildman–Crippen LogP) is 4.85. The molecule has 0 spiro atoms. The van der Waals surface area contributed by atoms with E-state index in [0.29, 0.717) is 5.78 Å². The van der Waals surface area contributed by atoms with Crippen LogP contribution in [0, 0.1) is 0 Å². The molecule has 0 bridgehead atoms. The Kier molecular flexibility index (Phi) is 6.39. The summed E-state index contributed by atoms with van der Waals surface area (Å²) in [6.07, 6.45) is 7.80. The van der Waals surface area contributed by atoms with Crippen LogP contribution in [0.25, 0.3) is 0 Å². The van der Waals surface area contributed by atoms with E-state index < -0.39 is 0 Å². The van der Waals surface area contributed by atoms with E-state index in [0.717, 1.165) is 24.1 Å². The fraction of sp³-hybridized carbons (Fsp3) is 0.643. The van der Waals surface area contributed by atoms with Crippen LogP contribution < -0.4 is 0 Å². The summed E-state index contributed by atoms with van der Waals surface area (Å²) in [6, 6.07) is 2.08. The number of ketones is 1. The van der Waals surface area contributed by atoms with Gasteiger partial charge in [-0.15, -0.1) is 11.3 Å². The van der Waals surface area contributed by atoms with E-state index in [1.54, 1.807) is 11.3 Å². The van der Waals surface area contributed by atoms with Crippen molar-refractivity contribution in [1.82, 2.24) is 0 Å². The van der Waals surface area contributed by atoms with Crippen molar-refractivity contribution >= 4 is 17.1 Å². The molecule has 0 atom stereocenters. The van der Waals surface area contributed by atoms with Crippen molar-refractivity contribution in [2.24, 2.45) is 0 Å². The Morgan fingerprint density at radius 3 is 2.62 bits per heavy atom. The lowest BCUT2D eigenvalue weighted by Crippen LogP contribution is -1.99. The van der Waals surface area contributed by atoms with Crippen molar-refractivity contribution in [3.05, 3.63) is 21.9 Å². The van der Waals surface area contributed by atoms with E-state index >= 15 is 0 Å². The number of hydrogen-bond acceptors (Lipinski definition) is 2. The monoisotopic (exact) mass is 238 g/mol. The van der Waals surface area contributed by atoms with Crippen molar-refractivity contribution in [3.63, 3.8) is 0 Å². The smallest absolute Gasteiger partial charge is 0.173 e. The van der Waals surface area contributed by atoms with Gasteiger partial charge in [0.2, 0.25) is 0 Å². The summed E-state index contributed by atoms with van der Waals surface area (Å²) in [6.45, 7) is 4.32. The maximum atomic E-state index is 11.9. The van der Waals surface area contributed by atoms with Gasteiger partial charge in [0.1, 0.15) is 0 Å². The maximum absolute atomic E-state index is 11.9. The van der Waals surface area contributed by atoms with Gasteiger partial charge in [0.15, 0.2) is 5.78 Å². The first kappa shape index (κ1) is 13.4. The number of carbonyl (C=O) groups is 1. The Morgan fingerprint density at radius 1 is 1.19 bits per heavy atom. The van der Waals surface area contributed by atoms with Crippen molar-refractivity contribution in [3.8, 4) is 0 Å². The van der Waals surface area contributed by atoms with Gasteiger partial charge in [-0.2, -0.15) is 0 Å². The Bertz CT molecular complexity index is 314. The predicted molar refractivity (Wildman–Crippen MR) is 71.4 cm³/mol. The molecule has 0 aliphatic rings. The normalized spacial score (nSPS) is 10.6. The molecule has 0 fully saturated rings. The lowest BCUT2D eigenvalue weighted by molar-refractivity contribution is 0.0982. The van der Waals surface area contributed by atoms with Crippen molar-refractivity contribution in [1.29, 1.82) is 0 Å². The maximum Gasteiger partial charge on any atom is 0.173 e. The van der Waals surface area contributed by atoms with Crippen LogP contribution in [-0.2, 0) is 6.42 Å². The highest BCUT2D eigenvalue weighted by Crippen LogP contribution is 2.20. The van der Waals surface area contributed by atoms with Crippen LogP contribution >= 0.6 is 11.3 Å². The SMILES string of the molecule is CCCCCCCC(=O)c1sccc1CC. The van der Waals surface area contributed by atoms with Gasteiger partial charge in [0.05, 0.1) is 4.88 Å². The Hall–Kier alpha value is -0.630. The quantitative estimate of drug-likeness (QED) is 0.467. The number of carbonyl (C=O) groups excluding carboxylic acids is 1. The molecule has 1 nitrogen and oxygen atoms in total. The Labute approximate surface area is 103 Å². The summed E-state index contributed by atoms with van der Waals surface area (Å²) in [7, 11) is 0. The average molecular weight is 238 g/mol. The zero-order valence-electron chi connectivity index (χ0n) is 10.4. The highest BCUT2D eigenvalue weighted by atomic mass is 32.1. The molecule has 0 aromatic carbocycles. The number of aryl methyl sites for hydroxylation is 1. The molecule has 0 radical (unpaired) electrons. The molecule has 0 N–H and O–H groups in total. The van der Waals surface area contributed by atoms with Gasteiger partial charge in [-0.3, -0.25) is 4.79 Å². The molecule has 2 heteroatoms. The third-order valence-corrected chi connectivity index (χ3v) is 3.89. The first-order chi connectivity index (χ1) is 7.79. The molecule has 0 aliphatic heterocycles. The van der Waals surface area contributed by atoms with Gasteiger partial charge >= 0.3 is 0 Å². The standard InChI is InChI=1S/C14H22OS/c1-3-5-6-7-8-9-13(15)14-12(4-2)10-11-16-14/h10-11H,3-9H2,1-2H3. The van der Waals surface area contributed by atoms with E-state index in [2.05, 4.69) is 19.9 Å². The number of unbranched alkanes of at least 4 members (excludes halogenated alkanes) is 4. The number of hydrogen-bond donors (Lipinski definition) is 0. The van der Waals surface area contributed by atoms with Gasteiger partial charge < -0.3 is 0 Å². The second-order valence-electron chi connectivity index (χ2n) is 4.22. The second-order valence-corrected chi connectivity index (χ2v) is 5.13. The zero-order valence-corrected chi connectivity index (χ0v) is 11.2. The summed E-state index contributed by atoms with van der Waals surface area (Å²) >= 11 is 1.60. The molecule has 0 saturated carbocycles. The molecule has 1 aromatic heterocycles. The van der Waals surface area contributed by atoms with E-state index in [1.165, 1.54) is 31.2 Å². The largest absolute Gasteiger partial charge is 0.293 e. The molecule has 0 amide bonds. The lowest BCUT2D eigenvalue weighted by atomic mass is 10.1. The molecule has 1 rings (SSSR count). The van der Waals surface area contributed by atoms with E-state index in [1.807, 2.05) is 5.38 Å². The topological polar surface area (TPSA) is 17.1 Å². The number of thiophene rings is 1. The summed E-state index contributed by atoms with van der Waals surface area (Å²) in [5, 5.41) is 2.03. The van der Waals surface area contributed by atoms with Gasteiger partial charge in [0.25, 0.3) is 0 Å². The van der Waals surface area contributed by atoms with Crippen LogP contribution in [0.2, 0.25) is 0 Å². The van der Waals surface area contributed by atoms with E-state index in [9.17, 15) is 4.79 Å². The van der Waals surface area contributed by atoms with Crippen LogP contribution in [0.15, 0.2) is 11.4 Å². The highest BCUT2D eigenvalue weighted by molar-refractivity contribution is 7.12. The molecule has 1 heterocycles. The van der Waals surface area contributed by atoms with Crippen LogP contribution in [-0.4, -0.2) is 5.78 Å². The summed E-state index contributed by atoms with van der Waals surface area (Å²) < 4.78 is 0. The third-order valence-electron chi connectivity index (χ3n) is 2.89. The minimum Gasteiger partial charge on any atom is -0.293 e. The molecular weight excluding hydrogens is 216 g/mol. The molecular formula is C14H22OS. The van der Waals surface area contributed by atoms with Gasteiger partial charge in [-0.25, -0.2) is 0 Å². The van der Waals surface area contributed by atoms with E-state index in [-0.39, 0.29) is 0 Å². The average Bonchev–Trinajstić information content (AvgIpc) is 2.76. The van der Waals surface area contributed by atoms with Gasteiger partial charge in [0, 0.05) is 6.42 Å². The van der Waals surface area contributed by atoms with Crippen molar-refractivity contribution in [2.75, 3.05) is 0 Å². The van der Waals surface area contributed by atoms with Crippen molar-refractivity contribution in [2.45, 2.75) is 58.8 Å². The zero-order chi connectivity index (χ0) is 11.8. The molecule has 0 unspecified atom stereocenters. The summed E-state index contributed by atoms with van der Waals surface area (Å²) in [4.78, 5) is 12.9. The summed E-state index contributed by atoms with van der Waals surface area (Å²) in [5.41, 5.74) is 1.23.